The Hall–Kier alpha value is -0.570. The van der Waals surface area contributed by atoms with Gasteiger partial charge in [-0.1, -0.05) is 25.7 Å². The minimum Gasteiger partial charge on any atom is -0.342 e. The zero-order valence-corrected chi connectivity index (χ0v) is 11.5. The number of amides is 1. The Morgan fingerprint density at radius 1 is 1.06 bits per heavy atom. The Morgan fingerprint density at radius 2 is 1.78 bits per heavy atom. The number of fused-ring (bicyclic) bond motifs is 2. The molecule has 2 heterocycles. The zero-order chi connectivity index (χ0) is 12.5. The highest BCUT2D eigenvalue weighted by molar-refractivity contribution is 5.80. The van der Waals surface area contributed by atoms with Crippen LogP contribution >= 0.6 is 0 Å². The van der Waals surface area contributed by atoms with Crippen molar-refractivity contribution >= 4 is 5.91 Å². The van der Waals surface area contributed by atoms with Crippen LogP contribution in [0.3, 0.4) is 0 Å². The molecule has 18 heavy (non-hydrogen) atoms. The van der Waals surface area contributed by atoms with Crippen LogP contribution in [0.5, 0.6) is 0 Å². The molecule has 0 aromatic heterocycles. The minimum absolute atomic E-state index is 0.275. The first-order chi connectivity index (χ1) is 8.75. The first kappa shape index (κ1) is 12.5. The summed E-state index contributed by atoms with van der Waals surface area (Å²) in [6.45, 7) is 0. The predicted molar refractivity (Wildman–Crippen MR) is 72.3 cm³/mol. The SMILES string of the molecule is CN(C(=O)C1CC2CCC1N2)C1CCCCCC1. The van der Waals surface area contributed by atoms with Crippen molar-refractivity contribution in [1.29, 1.82) is 0 Å². The number of carbonyl (C=O) groups excluding carboxylic acids is 1. The summed E-state index contributed by atoms with van der Waals surface area (Å²) in [5, 5.41) is 3.58. The highest BCUT2D eigenvalue weighted by Gasteiger charge is 2.44. The van der Waals surface area contributed by atoms with Crippen molar-refractivity contribution in [2.45, 2.75) is 75.9 Å². The van der Waals surface area contributed by atoms with E-state index in [1.807, 2.05) is 7.05 Å². The maximum atomic E-state index is 12.6. The fourth-order valence-electron chi connectivity index (χ4n) is 4.18. The van der Waals surface area contributed by atoms with Gasteiger partial charge in [-0.15, -0.1) is 0 Å². The molecule has 0 aromatic carbocycles. The summed E-state index contributed by atoms with van der Waals surface area (Å²) in [6.07, 6.45) is 11.3. The lowest BCUT2D eigenvalue weighted by molar-refractivity contribution is -0.137. The van der Waals surface area contributed by atoms with E-state index in [4.69, 9.17) is 0 Å². The molecule has 1 aliphatic carbocycles. The molecule has 0 aromatic rings. The molecule has 0 spiro atoms. The molecule has 2 bridgehead atoms. The summed E-state index contributed by atoms with van der Waals surface area (Å²) in [5.41, 5.74) is 0. The van der Waals surface area contributed by atoms with E-state index in [1.54, 1.807) is 0 Å². The summed E-state index contributed by atoms with van der Waals surface area (Å²) in [4.78, 5) is 14.7. The van der Waals surface area contributed by atoms with Crippen molar-refractivity contribution in [1.82, 2.24) is 10.2 Å². The molecule has 3 fully saturated rings. The van der Waals surface area contributed by atoms with Crippen molar-refractivity contribution in [3.63, 3.8) is 0 Å². The van der Waals surface area contributed by atoms with Crippen LogP contribution in [0.15, 0.2) is 0 Å². The van der Waals surface area contributed by atoms with Crippen LogP contribution in [0.4, 0.5) is 0 Å². The number of rotatable bonds is 2. The Labute approximate surface area is 110 Å². The smallest absolute Gasteiger partial charge is 0.227 e. The second-order valence-electron chi connectivity index (χ2n) is 6.48. The third-order valence-electron chi connectivity index (χ3n) is 5.34. The van der Waals surface area contributed by atoms with Gasteiger partial charge in [0.25, 0.3) is 0 Å². The van der Waals surface area contributed by atoms with Gasteiger partial charge in [0.1, 0.15) is 0 Å². The van der Waals surface area contributed by atoms with Gasteiger partial charge in [-0.3, -0.25) is 4.79 Å². The maximum Gasteiger partial charge on any atom is 0.227 e. The summed E-state index contributed by atoms with van der Waals surface area (Å²) in [6, 6.07) is 1.63. The lowest BCUT2D eigenvalue weighted by Crippen LogP contribution is -2.43. The topological polar surface area (TPSA) is 32.3 Å². The van der Waals surface area contributed by atoms with Crippen molar-refractivity contribution in [2.24, 2.45) is 5.92 Å². The van der Waals surface area contributed by atoms with E-state index >= 15 is 0 Å². The van der Waals surface area contributed by atoms with Crippen LogP contribution in [-0.4, -0.2) is 36.0 Å². The van der Waals surface area contributed by atoms with Crippen molar-refractivity contribution in [3.05, 3.63) is 0 Å². The largest absolute Gasteiger partial charge is 0.342 e. The lowest BCUT2D eigenvalue weighted by Gasteiger charge is -2.31. The monoisotopic (exact) mass is 250 g/mol. The number of nitrogens with one attached hydrogen (secondary N) is 1. The molecule has 2 aliphatic heterocycles. The molecule has 3 nitrogen and oxygen atoms in total. The van der Waals surface area contributed by atoms with Crippen molar-refractivity contribution < 1.29 is 4.79 Å². The van der Waals surface area contributed by atoms with Gasteiger partial charge >= 0.3 is 0 Å². The van der Waals surface area contributed by atoms with Gasteiger partial charge in [0.05, 0.1) is 5.92 Å². The second-order valence-corrected chi connectivity index (χ2v) is 6.48. The molecule has 2 saturated heterocycles. The molecule has 3 rings (SSSR count). The van der Waals surface area contributed by atoms with E-state index in [0.29, 0.717) is 24.0 Å². The van der Waals surface area contributed by atoms with Gasteiger partial charge in [0, 0.05) is 25.2 Å². The quantitative estimate of drug-likeness (QED) is 0.763. The fraction of sp³-hybridized carbons (Fsp3) is 0.933. The molecule has 3 atom stereocenters. The third kappa shape index (κ3) is 2.29. The number of carbonyl (C=O) groups is 1. The molecule has 0 radical (unpaired) electrons. The highest BCUT2D eigenvalue weighted by Crippen LogP contribution is 2.35. The summed E-state index contributed by atoms with van der Waals surface area (Å²) in [7, 11) is 2.05. The average molecular weight is 250 g/mol. The molecule has 3 heteroatoms. The summed E-state index contributed by atoms with van der Waals surface area (Å²) in [5.74, 6) is 0.693. The Balaban J connectivity index is 1.61. The first-order valence-electron chi connectivity index (χ1n) is 7.78. The summed E-state index contributed by atoms with van der Waals surface area (Å²) >= 11 is 0. The molecule has 3 unspecified atom stereocenters. The average Bonchev–Trinajstić information content (AvgIpc) is 2.91. The molecule has 1 amide bonds. The van der Waals surface area contributed by atoms with E-state index in [-0.39, 0.29) is 5.92 Å². The zero-order valence-electron chi connectivity index (χ0n) is 11.5. The van der Waals surface area contributed by atoms with Crippen molar-refractivity contribution in [2.75, 3.05) is 7.05 Å². The van der Waals surface area contributed by atoms with Gasteiger partial charge in [0.2, 0.25) is 5.91 Å². The number of nitrogens with zero attached hydrogens (tertiary/aromatic N) is 1. The van der Waals surface area contributed by atoms with Gasteiger partial charge < -0.3 is 10.2 Å². The van der Waals surface area contributed by atoms with E-state index in [2.05, 4.69) is 10.2 Å². The Bertz CT molecular complexity index is 310. The standard InChI is InChI=1S/C15H26N2O/c1-17(12-6-4-2-3-5-7-12)15(18)13-10-11-8-9-14(13)16-11/h11-14,16H,2-10H2,1H3. The van der Waals surface area contributed by atoms with Crippen LogP contribution in [0.25, 0.3) is 0 Å². The normalized spacial score (nSPS) is 36.6. The highest BCUT2D eigenvalue weighted by atomic mass is 16.2. The first-order valence-corrected chi connectivity index (χ1v) is 7.78. The maximum absolute atomic E-state index is 12.6. The van der Waals surface area contributed by atoms with Gasteiger partial charge in [0.15, 0.2) is 0 Å². The number of hydrogen-bond donors (Lipinski definition) is 1. The molecular weight excluding hydrogens is 224 g/mol. The van der Waals surface area contributed by atoms with Crippen LogP contribution in [0.1, 0.15) is 57.8 Å². The lowest BCUT2D eigenvalue weighted by atomic mass is 9.87. The molecule has 3 aliphatic rings. The summed E-state index contributed by atoms with van der Waals surface area (Å²) < 4.78 is 0. The number of hydrogen-bond acceptors (Lipinski definition) is 2. The van der Waals surface area contributed by atoms with Crippen LogP contribution in [0, 0.1) is 5.92 Å². The van der Waals surface area contributed by atoms with Crippen molar-refractivity contribution in [3.8, 4) is 0 Å². The molecule has 102 valence electrons. The van der Waals surface area contributed by atoms with Crippen LogP contribution in [0.2, 0.25) is 0 Å². The minimum atomic E-state index is 0.275. The Kier molecular flexibility index (Phi) is 3.60. The second kappa shape index (κ2) is 5.20. The van der Waals surface area contributed by atoms with E-state index in [1.165, 1.54) is 51.4 Å². The fourth-order valence-corrected chi connectivity index (χ4v) is 4.18. The van der Waals surface area contributed by atoms with E-state index < -0.39 is 0 Å². The van der Waals surface area contributed by atoms with Gasteiger partial charge in [-0.2, -0.15) is 0 Å². The Morgan fingerprint density at radius 3 is 2.33 bits per heavy atom. The van der Waals surface area contributed by atoms with Crippen LogP contribution in [-0.2, 0) is 4.79 Å². The van der Waals surface area contributed by atoms with E-state index in [9.17, 15) is 4.79 Å². The van der Waals surface area contributed by atoms with Gasteiger partial charge in [-0.05, 0) is 32.1 Å². The van der Waals surface area contributed by atoms with E-state index in [0.717, 1.165) is 6.42 Å². The third-order valence-corrected chi connectivity index (χ3v) is 5.34. The molecule has 1 saturated carbocycles. The molecular formula is C15H26N2O. The molecule has 1 N–H and O–H groups in total. The van der Waals surface area contributed by atoms with Crippen LogP contribution < -0.4 is 5.32 Å². The van der Waals surface area contributed by atoms with Gasteiger partial charge in [-0.25, -0.2) is 0 Å². The predicted octanol–water partition coefficient (Wildman–Crippen LogP) is 2.31.